The van der Waals surface area contributed by atoms with Crippen molar-refractivity contribution in [3.63, 3.8) is 0 Å². The largest absolute Gasteiger partial charge is 0.460 e. The van der Waals surface area contributed by atoms with E-state index < -0.39 is 11.9 Å². The van der Waals surface area contributed by atoms with Crippen molar-refractivity contribution in [2.75, 3.05) is 0 Å². The van der Waals surface area contributed by atoms with Crippen LogP contribution in [0.5, 0.6) is 0 Å². The second-order valence-electron chi connectivity index (χ2n) is 5.46. The molecule has 4 nitrogen and oxygen atoms in total. The van der Waals surface area contributed by atoms with Crippen LogP contribution in [-0.2, 0) is 19.1 Å². The Kier molecular flexibility index (Phi) is 5.99. The topological polar surface area (TPSA) is 52.6 Å². The van der Waals surface area contributed by atoms with Gasteiger partial charge in [-0.2, -0.15) is 0 Å². The Balaban J connectivity index is 3.00. The zero-order valence-electron chi connectivity index (χ0n) is 13.0. The maximum absolute atomic E-state index is 12.2. The molecule has 0 aromatic heterocycles. The van der Waals surface area contributed by atoms with Crippen LogP contribution in [0.4, 0.5) is 0 Å². The molecule has 0 aliphatic heterocycles. The second kappa shape index (κ2) is 7.27. The third-order valence-electron chi connectivity index (χ3n) is 3.00. The molecular formula is C16H24O4. The van der Waals surface area contributed by atoms with E-state index in [0.29, 0.717) is 24.0 Å². The van der Waals surface area contributed by atoms with E-state index in [0.717, 1.165) is 12.0 Å². The van der Waals surface area contributed by atoms with Crippen LogP contribution in [0, 0.1) is 0 Å². The first-order chi connectivity index (χ1) is 9.35. The van der Waals surface area contributed by atoms with E-state index in [4.69, 9.17) is 9.47 Å². The number of rotatable bonds is 5. The number of esters is 2. The van der Waals surface area contributed by atoms with Crippen LogP contribution < -0.4 is 0 Å². The standard InChI is InChI=1S/C16H24O4/c1-6-12-7-8-13(15(17)19-10(2)3)14(9-12)16(18)20-11(4)5/h7,10-11H,6,8-9H2,1-5H3. The van der Waals surface area contributed by atoms with E-state index >= 15 is 0 Å². The van der Waals surface area contributed by atoms with Gasteiger partial charge < -0.3 is 9.47 Å². The van der Waals surface area contributed by atoms with E-state index in [1.807, 2.05) is 13.0 Å². The Morgan fingerprint density at radius 3 is 2.00 bits per heavy atom. The summed E-state index contributed by atoms with van der Waals surface area (Å²) < 4.78 is 10.4. The molecule has 1 aliphatic carbocycles. The van der Waals surface area contributed by atoms with Crippen LogP contribution >= 0.6 is 0 Å². The Hall–Kier alpha value is -1.58. The van der Waals surface area contributed by atoms with Crippen LogP contribution in [0.1, 0.15) is 53.9 Å². The fraction of sp³-hybridized carbons (Fsp3) is 0.625. The summed E-state index contributed by atoms with van der Waals surface area (Å²) >= 11 is 0. The lowest BCUT2D eigenvalue weighted by atomic mass is 9.90. The predicted molar refractivity (Wildman–Crippen MR) is 77.1 cm³/mol. The Morgan fingerprint density at radius 2 is 1.55 bits per heavy atom. The molecule has 112 valence electrons. The molecule has 1 rings (SSSR count). The van der Waals surface area contributed by atoms with Gasteiger partial charge in [-0.05, 0) is 40.5 Å². The fourth-order valence-electron chi connectivity index (χ4n) is 2.02. The Bertz CT molecular complexity index is 441. The molecule has 0 N–H and O–H groups in total. The number of allylic oxidation sites excluding steroid dienone is 2. The molecule has 0 atom stereocenters. The maximum atomic E-state index is 12.2. The summed E-state index contributed by atoms with van der Waals surface area (Å²) in [5.74, 6) is -0.822. The summed E-state index contributed by atoms with van der Waals surface area (Å²) in [6.07, 6.45) is 3.39. The van der Waals surface area contributed by atoms with Gasteiger partial charge in [-0.15, -0.1) is 0 Å². The summed E-state index contributed by atoms with van der Waals surface area (Å²) in [6, 6.07) is 0. The Morgan fingerprint density at radius 1 is 1.05 bits per heavy atom. The average molecular weight is 280 g/mol. The summed E-state index contributed by atoms with van der Waals surface area (Å²) in [7, 11) is 0. The van der Waals surface area contributed by atoms with Gasteiger partial charge in [0.15, 0.2) is 0 Å². The summed E-state index contributed by atoms with van der Waals surface area (Å²) in [5, 5.41) is 0. The van der Waals surface area contributed by atoms with Gasteiger partial charge in [0.1, 0.15) is 0 Å². The van der Waals surface area contributed by atoms with Crippen LogP contribution in [-0.4, -0.2) is 24.1 Å². The van der Waals surface area contributed by atoms with Crippen molar-refractivity contribution in [3.05, 3.63) is 22.8 Å². The molecule has 0 aromatic carbocycles. The highest BCUT2D eigenvalue weighted by Crippen LogP contribution is 2.28. The lowest BCUT2D eigenvalue weighted by Crippen LogP contribution is -2.22. The smallest absolute Gasteiger partial charge is 0.335 e. The van der Waals surface area contributed by atoms with E-state index in [1.165, 1.54) is 0 Å². The van der Waals surface area contributed by atoms with Gasteiger partial charge in [-0.25, -0.2) is 9.59 Å². The molecule has 1 aliphatic rings. The van der Waals surface area contributed by atoms with Crippen molar-refractivity contribution in [2.45, 2.75) is 66.1 Å². The minimum atomic E-state index is -0.415. The third kappa shape index (κ3) is 4.51. The SMILES string of the molecule is CCC1=CCC(C(=O)OC(C)C)=C(C(=O)OC(C)C)C1. The molecule has 0 amide bonds. The van der Waals surface area contributed by atoms with Crippen LogP contribution in [0.2, 0.25) is 0 Å². The Labute approximate surface area is 120 Å². The van der Waals surface area contributed by atoms with Crippen LogP contribution in [0.15, 0.2) is 22.8 Å². The van der Waals surface area contributed by atoms with Crippen LogP contribution in [0.3, 0.4) is 0 Å². The molecule has 4 heteroatoms. The fourth-order valence-corrected chi connectivity index (χ4v) is 2.02. The van der Waals surface area contributed by atoms with Gasteiger partial charge in [0.25, 0.3) is 0 Å². The number of ether oxygens (including phenoxy) is 2. The minimum absolute atomic E-state index is 0.200. The van der Waals surface area contributed by atoms with Gasteiger partial charge in [0.05, 0.1) is 23.4 Å². The monoisotopic (exact) mass is 280 g/mol. The first-order valence-electron chi connectivity index (χ1n) is 7.17. The van der Waals surface area contributed by atoms with E-state index in [9.17, 15) is 9.59 Å². The van der Waals surface area contributed by atoms with Crippen molar-refractivity contribution >= 4 is 11.9 Å². The lowest BCUT2D eigenvalue weighted by Gasteiger charge is -2.20. The van der Waals surface area contributed by atoms with Gasteiger partial charge in [0, 0.05) is 6.42 Å². The van der Waals surface area contributed by atoms with Crippen molar-refractivity contribution < 1.29 is 19.1 Å². The van der Waals surface area contributed by atoms with Crippen molar-refractivity contribution in [3.8, 4) is 0 Å². The molecule has 0 saturated heterocycles. The molecule has 0 saturated carbocycles. The van der Waals surface area contributed by atoms with Gasteiger partial charge in [-0.1, -0.05) is 18.6 Å². The highest BCUT2D eigenvalue weighted by atomic mass is 16.5. The number of carbonyl (C=O) groups excluding carboxylic acids is 2. The molecule has 0 unspecified atom stereocenters. The van der Waals surface area contributed by atoms with E-state index in [2.05, 4.69) is 0 Å². The summed E-state index contributed by atoms with van der Waals surface area (Å²) in [6.45, 7) is 9.21. The van der Waals surface area contributed by atoms with Crippen molar-refractivity contribution in [2.24, 2.45) is 0 Å². The van der Waals surface area contributed by atoms with Crippen molar-refractivity contribution in [1.82, 2.24) is 0 Å². The zero-order chi connectivity index (χ0) is 15.3. The van der Waals surface area contributed by atoms with Crippen molar-refractivity contribution in [1.29, 1.82) is 0 Å². The second-order valence-corrected chi connectivity index (χ2v) is 5.46. The molecule has 0 radical (unpaired) electrons. The third-order valence-corrected chi connectivity index (χ3v) is 3.00. The highest BCUT2D eigenvalue weighted by Gasteiger charge is 2.27. The molecule has 0 bridgehead atoms. The summed E-state index contributed by atoms with van der Waals surface area (Å²) in [4.78, 5) is 24.2. The normalized spacial score (nSPS) is 15.4. The average Bonchev–Trinajstić information content (AvgIpc) is 2.36. The molecule has 20 heavy (non-hydrogen) atoms. The van der Waals surface area contributed by atoms with Gasteiger partial charge in [0.2, 0.25) is 0 Å². The summed E-state index contributed by atoms with van der Waals surface area (Å²) in [5.41, 5.74) is 2.03. The number of hydrogen-bond acceptors (Lipinski definition) is 4. The van der Waals surface area contributed by atoms with Crippen LogP contribution in [0.25, 0.3) is 0 Å². The minimum Gasteiger partial charge on any atom is -0.460 e. The van der Waals surface area contributed by atoms with Gasteiger partial charge in [-0.3, -0.25) is 0 Å². The van der Waals surface area contributed by atoms with Gasteiger partial charge >= 0.3 is 11.9 Å². The highest BCUT2D eigenvalue weighted by molar-refractivity contribution is 6.01. The molecule has 0 aromatic rings. The number of carbonyl (C=O) groups is 2. The zero-order valence-corrected chi connectivity index (χ0v) is 13.0. The predicted octanol–water partition coefficient (Wildman–Crippen LogP) is 3.32. The first kappa shape index (κ1) is 16.5. The molecule has 0 fully saturated rings. The van der Waals surface area contributed by atoms with E-state index in [1.54, 1.807) is 27.7 Å². The first-order valence-corrected chi connectivity index (χ1v) is 7.17. The molecular weight excluding hydrogens is 256 g/mol. The van der Waals surface area contributed by atoms with E-state index in [-0.39, 0.29) is 12.2 Å². The lowest BCUT2D eigenvalue weighted by molar-refractivity contribution is -0.146. The number of hydrogen-bond donors (Lipinski definition) is 0. The molecule has 0 heterocycles. The maximum Gasteiger partial charge on any atom is 0.335 e. The quantitative estimate of drug-likeness (QED) is 0.572. The molecule has 0 spiro atoms.